The Hall–Kier alpha value is -1.30. The number of ether oxygens (including phenoxy) is 1. The lowest BCUT2D eigenvalue weighted by Crippen LogP contribution is -2.61. The van der Waals surface area contributed by atoms with E-state index in [2.05, 4.69) is 10.6 Å². The van der Waals surface area contributed by atoms with Crippen LogP contribution in [0.2, 0.25) is 0 Å². The third kappa shape index (κ3) is 2.93. The summed E-state index contributed by atoms with van der Waals surface area (Å²) in [4.78, 5) is 24.7. The molecule has 3 amide bonds. The summed E-state index contributed by atoms with van der Waals surface area (Å²) in [6.45, 7) is 0.741. The number of nitrogens with one attached hydrogen (secondary N) is 2. The summed E-state index contributed by atoms with van der Waals surface area (Å²) in [5, 5.41) is 5.91. The molecule has 6 heteroatoms. The van der Waals surface area contributed by atoms with Gasteiger partial charge in [0.2, 0.25) is 5.91 Å². The number of carbonyl (C=O) groups is 2. The van der Waals surface area contributed by atoms with Crippen molar-refractivity contribution in [2.45, 2.75) is 43.9 Å². The first-order valence-corrected chi connectivity index (χ1v) is 6.46. The van der Waals surface area contributed by atoms with Crippen molar-refractivity contribution in [2.24, 2.45) is 0 Å². The fraction of sp³-hybridized carbons (Fsp3) is 0.833. The molecule has 2 rings (SSSR count). The van der Waals surface area contributed by atoms with Gasteiger partial charge in [-0.25, -0.2) is 4.79 Å². The first-order chi connectivity index (χ1) is 8.58. The SMILES string of the molecule is CN(C)C(=O)NC1CCC(=O)NC1C1CCCO1. The zero-order valence-electron chi connectivity index (χ0n) is 10.9. The van der Waals surface area contributed by atoms with Crippen LogP contribution in [0.4, 0.5) is 4.79 Å². The van der Waals surface area contributed by atoms with E-state index in [-0.39, 0.29) is 30.1 Å². The molecule has 18 heavy (non-hydrogen) atoms. The average molecular weight is 255 g/mol. The van der Waals surface area contributed by atoms with E-state index < -0.39 is 0 Å². The van der Waals surface area contributed by atoms with Gasteiger partial charge in [0.15, 0.2) is 0 Å². The number of amides is 3. The Balaban J connectivity index is 2.00. The summed E-state index contributed by atoms with van der Waals surface area (Å²) in [6, 6.07) is -0.266. The van der Waals surface area contributed by atoms with Gasteiger partial charge >= 0.3 is 6.03 Å². The normalized spacial score (nSPS) is 31.9. The van der Waals surface area contributed by atoms with Crippen LogP contribution in [0.25, 0.3) is 0 Å². The molecule has 6 nitrogen and oxygen atoms in total. The maximum atomic E-state index is 11.7. The van der Waals surface area contributed by atoms with Gasteiger partial charge in [0, 0.05) is 27.1 Å². The molecular formula is C12H21N3O3. The minimum atomic E-state index is -0.126. The number of carbonyl (C=O) groups excluding carboxylic acids is 2. The van der Waals surface area contributed by atoms with Crippen LogP contribution in [0.5, 0.6) is 0 Å². The lowest BCUT2D eigenvalue weighted by molar-refractivity contribution is -0.125. The van der Waals surface area contributed by atoms with Gasteiger partial charge in [-0.05, 0) is 19.3 Å². The van der Waals surface area contributed by atoms with Gasteiger partial charge in [0.05, 0.1) is 18.2 Å². The van der Waals surface area contributed by atoms with E-state index >= 15 is 0 Å². The van der Waals surface area contributed by atoms with Crippen LogP contribution in [0.3, 0.4) is 0 Å². The first-order valence-electron chi connectivity index (χ1n) is 6.46. The van der Waals surface area contributed by atoms with Crippen LogP contribution in [-0.2, 0) is 9.53 Å². The zero-order valence-corrected chi connectivity index (χ0v) is 10.9. The van der Waals surface area contributed by atoms with E-state index in [1.807, 2.05) is 0 Å². The summed E-state index contributed by atoms with van der Waals surface area (Å²) >= 11 is 0. The number of hydrogen-bond acceptors (Lipinski definition) is 3. The highest BCUT2D eigenvalue weighted by atomic mass is 16.5. The molecule has 0 bridgehead atoms. The number of hydrogen-bond donors (Lipinski definition) is 2. The second kappa shape index (κ2) is 5.56. The smallest absolute Gasteiger partial charge is 0.317 e. The van der Waals surface area contributed by atoms with Gasteiger partial charge in [-0.1, -0.05) is 0 Å². The van der Waals surface area contributed by atoms with Crippen LogP contribution in [-0.4, -0.2) is 55.7 Å². The van der Waals surface area contributed by atoms with Crippen molar-refractivity contribution in [3.8, 4) is 0 Å². The van der Waals surface area contributed by atoms with Crippen molar-refractivity contribution >= 4 is 11.9 Å². The molecule has 0 radical (unpaired) electrons. The third-order valence-corrected chi connectivity index (χ3v) is 3.52. The molecule has 0 spiro atoms. The van der Waals surface area contributed by atoms with Crippen molar-refractivity contribution in [3.63, 3.8) is 0 Å². The Kier molecular flexibility index (Phi) is 4.06. The highest BCUT2D eigenvalue weighted by Crippen LogP contribution is 2.22. The Morgan fingerprint density at radius 2 is 2.22 bits per heavy atom. The quantitative estimate of drug-likeness (QED) is 0.734. The lowest BCUT2D eigenvalue weighted by atomic mass is 9.92. The number of nitrogens with zero attached hydrogens (tertiary/aromatic N) is 1. The number of urea groups is 1. The molecule has 0 aliphatic carbocycles. The fourth-order valence-corrected chi connectivity index (χ4v) is 2.51. The minimum Gasteiger partial charge on any atom is -0.376 e. The van der Waals surface area contributed by atoms with Gasteiger partial charge < -0.3 is 20.3 Å². The van der Waals surface area contributed by atoms with Crippen molar-refractivity contribution in [1.82, 2.24) is 15.5 Å². The van der Waals surface area contributed by atoms with Gasteiger partial charge in [0.25, 0.3) is 0 Å². The molecule has 0 saturated carbocycles. The highest BCUT2D eigenvalue weighted by molar-refractivity contribution is 5.78. The predicted octanol–water partition coefficient (Wildman–Crippen LogP) is 0.0838. The van der Waals surface area contributed by atoms with Crippen LogP contribution in [0.15, 0.2) is 0 Å². The average Bonchev–Trinajstić information content (AvgIpc) is 2.84. The van der Waals surface area contributed by atoms with Gasteiger partial charge in [0.1, 0.15) is 0 Å². The van der Waals surface area contributed by atoms with Crippen molar-refractivity contribution in [3.05, 3.63) is 0 Å². The maximum Gasteiger partial charge on any atom is 0.317 e. The summed E-state index contributed by atoms with van der Waals surface area (Å²) < 4.78 is 5.63. The minimum absolute atomic E-state index is 0.0294. The fourth-order valence-electron chi connectivity index (χ4n) is 2.51. The van der Waals surface area contributed by atoms with Crippen molar-refractivity contribution in [2.75, 3.05) is 20.7 Å². The molecule has 2 saturated heterocycles. The van der Waals surface area contributed by atoms with Gasteiger partial charge in [-0.2, -0.15) is 0 Å². The molecule has 102 valence electrons. The van der Waals surface area contributed by atoms with Crippen LogP contribution < -0.4 is 10.6 Å². The predicted molar refractivity (Wildman–Crippen MR) is 66.1 cm³/mol. The van der Waals surface area contributed by atoms with E-state index in [1.165, 1.54) is 4.90 Å². The van der Waals surface area contributed by atoms with Crippen LogP contribution in [0.1, 0.15) is 25.7 Å². The molecule has 0 aromatic rings. The summed E-state index contributed by atoms with van der Waals surface area (Å²) in [5.41, 5.74) is 0. The summed E-state index contributed by atoms with van der Waals surface area (Å²) in [5.74, 6) is 0.0471. The van der Waals surface area contributed by atoms with E-state index in [0.29, 0.717) is 12.8 Å². The highest BCUT2D eigenvalue weighted by Gasteiger charge is 2.37. The molecule has 2 heterocycles. The third-order valence-electron chi connectivity index (χ3n) is 3.52. The van der Waals surface area contributed by atoms with E-state index in [0.717, 1.165) is 19.4 Å². The monoisotopic (exact) mass is 255 g/mol. The van der Waals surface area contributed by atoms with E-state index in [4.69, 9.17) is 4.74 Å². The standard InChI is InChI=1S/C12H21N3O3/c1-15(2)12(17)13-8-5-6-10(16)14-11(8)9-4-3-7-18-9/h8-9,11H,3-7H2,1-2H3,(H,13,17)(H,14,16). The number of piperidine rings is 1. The Bertz CT molecular complexity index is 327. The topological polar surface area (TPSA) is 70.7 Å². The second-order valence-electron chi connectivity index (χ2n) is 5.13. The summed E-state index contributed by atoms with van der Waals surface area (Å²) in [6.07, 6.45) is 3.13. The van der Waals surface area contributed by atoms with Crippen LogP contribution >= 0.6 is 0 Å². The summed E-state index contributed by atoms with van der Waals surface area (Å²) in [7, 11) is 3.41. The molecule has 3 unspecified atom stereocenters. The first kappa shape index (κ1) is 13.1. The Morgan fingerprint density at radius 3 is 2.83 bits per heavy atom. The molecule has 2 aliphatic heterocycles. The largest absolute Gasteiger partial charge is 0.376 e. The van der Waals surface area contributed by atoms with E-state index in [1.54, 1.807) is 14.1 Å². The molecule has 2 fully saturated rings. The Morgan fingerprint density at radius 1 is 1.44 bits per heavy atom. The zero-order chi connectivity index (χ0) is 13.1. The molecule has 2 aliphatic rings. The molecule has 0 aromatic carbocycles. The van der Waals surface area contributed by atoms with Gasteiger partial charge in [-0.3, -0.25) is 4.79 Å². The Labute approximate surface area is 107 Å². The van der Waals surface area contributed by atoms with Crippen molar-refractivity contribution < 1.29 is 14.3 Å². The number of rotatable bonds is 2. The molecular weight excluding hydrogens is 234 g/mol. The van der Waals surface area contributed by atoms with Crippen LogP contribution in [0, 0.1) is 0 Å². The van der Waals surface area contributed by atoms with E-state index in [9.17, 15) is 9.59 Å². The lowest BCUT2D eigenvalue weighted by Gasteiger charge is -2.36. The maximum absolute atomic E-state index is 11.7. The molecule has 0 aromatic heterocycles. The molecule has 2 N–H and O–H groups in total. The van der Waals surface area contributed by atoms with Crippen molar-refractivity contribution in [1.29, 1.82) is 0 Å². The molecule has 3 atom stereocenters. The second-order valence-corrected chi connectivity index (χ2v) is 5.13. The van der Waals surface area contributed by atoms with Gasteiger partial charge in [-0.15, -0.1) is 0 Å².